The van der Waals surface area contributed by atoms with E-state index in [-0.39, 0.29) is 12.1 Å². The van der Waals surface area contributed by atoms with Gasteiger partial charge in [-0.1, -0.05) is 11.3 Å². The first kappa shape index (κ1) is 22.3. The standard InChI is InChI=1S/C24H27N7O2S/c1-13-21(34-24(26-2)28-13)18-9-10-27-23(30-18)29-15-3-8-19-14(11-15)12-20(22(25)33)31(19)16-4-6-17(32)7-5-16/h3,8-12,16-17,32H,4-7H2,1-2H3,(H2,25,33)(H,26,28)(H,27,29,30). The number of benzene rings is 1. The minimum absolute atomic E-state index is 0.146. The molecule has 3 heterocycles. The molecule has 0 spiro atoms. The minimum atomic E-state index is -0.450. The van der Waals surface area contributed by atoms with Crippen LogP contribution in [0.25, 0.3) is 21.5 Å². The highest BCUT2D eigenvalue weighted by Gasteiger charge is 2.25. The smallest absolute Gasteiger partial charge is 0.265 e. The molecule has 1 fully saturated rings. The fourth-order valence-electron chi connectivity index (χ4n) is 4.63. The van der Waals surface area contributed by atoms with Gasteiger partial charge >= 0.3 is 0 Å². The van der Waals surface area contributed by atoms with E-state index in [0.29, 0.717) is 11.6 Å². The highest BCUT2D eigenvalue weighted by Crippen LogP contribution is 2.35. The zero-order valence-corrected chi connectivity index (χ0v) is 19.9. The molecule has 10 heteroatoms. The number of amides is 1. The summed E-state index contributed by atoms with van der Waals surface area (Å²) in [5.74, 6) is 0.0280. The van der Waals surface area contributed by atoms with Crippen molar-refractivity contribution in [2.45, 2.75) is 44.8 Å². The first-order chi connectivity index (χ1) is 16.4. The Kier molecular flexibility index (Phi) is 5.93. The van der Waals surface area contributed by atoms with Gasteiger partial charge in [0.15, 0.2) is 5.13 Å². The number of aliphatic hydroxyl groups is 1. The summed E-state index contributed by atoms with van der Waals surface area (Å²) in [6.07, 6.45) is 4.55. The molecule has 1 aromatic carbocycles. The number of aryl methyl sites for hydroxylation is 1. The summed E-state index contributed by atoms with van der Waals surface area (Å²) in [6, 6.07) is 9.77. The summed E-state index contributed by atoms with van der Waals surface area (Å²) in [5, 5.41) is 18.0. The van der Waals surface area contributed by atoms with Crippen LogP contribution in [0, 0.1) is 6.92 Å². The largest absolute Gasteiger partial charge is 0.393 e. The van der Waals surface area contributed by atoms with Gasteiger partial charge in [0, 0.05) is 35.9 Å². The lowest BCUT2D eigenvalue weighted by Crippen LogP contribution is -2.25. The highest BCUT2D eigenvalue weighted by molar-refractivity contribution is 7.19. The Balaban J connectivity index is 1.45. The van der Waals surface area contributed by atoms with E-state index >= 15 is 0 Å². The Hall–Kier alpha value is -3.50. The Morgan fingerprint density at radius 2 is 1.97 bits per heavy atom. The lowest BCUT2D eigenvalue weighted by atomic mass is 9.92. The molecule has 1 aliphatic rings. The Morgan fingerprint density at radius 3 is 2.68 bits per heavy atom. The van der Waals surface area contributed by atoms with Crippen molar-refractivity contribution in [3.8, 4) is 10.6 Å². The monoisotopic (exact) mass is 477 g/mol. The second kappa shape index (κ2) is 9.03. The zero-order valence-electron chi connectivity index (χ0n) is 19.1. The Morgan fingerprint density at radius 1 is 1.18 bits per heavy atom. The zero-order chi connectivity index (χ0) is 23.8. The SMILES string of the molecule is CNc1nc(C)c(-c2ccnc(Nc3ccc4c(c3)cc(C(N)=O)n4C3CCC(O)CC3)n2)s1. The van der Waals surface area contributed by atoms with E-state index in [0.717, 1.165) is 63.7 Å². The number of anilines is 3. The van der Waals surface area contributed by atoms with Gasteiger partial charge < -0.3 is 26.0 Å². The van der Waals surface area contributed by atoms with Crippen molar-refractivity contribution in [3.05, 3.63) is 47.9 Å². The predicted molar refractivity (Wildman–Crippen MR) is 135 cm³/mol. The molecule has 0 atom stereocenters. The average Bonchev–Trinajstić information content (AvgIpc) is 3.40. The number of hydrogen-bond acceptors (Lipinski definition) is 8. The van der Waals surface area contributed by atoms with E-state index in [1.165, 1.54) is 0 Å². The quantitative estimate of drug-likeness (QED) is 0.327. The van der Waals surface area contributed by atoms with Gasteiger partial charge in [-0.25, -0.2) is 15.0 Å². The van der Waals surface area contributed by atoms with Crippen LogP contribution in [0.5, 0.6) is 0 Å². The van der Waals surface area contributed by atoms with Gasteiger partial charge in [0.2, 0.25) is 5.95 Å². The number of aromatic nitrogens is 4. The number of nitrogens with one attached hydrogen (secondary N) is 2. The summed E-state index contributed by atoms with van der Waals surface area (Å²) in [4.78, 5) is 26.7. The molecular weight excluding hydrogens is 450 g/mol. The third-order valence-electron chi connectivity index (χ3n) is 6.28. The molecule has 176 valence electrons. The van der Waals surface area contributed by atoms with Crippen LogP contribution >= 0.6 is 11.3 Å². The maximum absolute atomic E-state index is 12.2. The average molecular weight is 478 g/mol. The van der Waals surface area contributed by atoms with Crippen LogP contribution in [0.15, 0.2) is 36.5 Å². The van der Waals surface area contributed by atoms with Gasteiger partial charge in [0.25, 0.3) is 5.91 Å². The van der Waals surface area contributed by atoms with Crippen molar-refractivity contribution in [1.29, 1.82) is 0 Å². The number of fused-ring (bicyclic) bond motifs is 1. The normalized spacial score (nSPS) is 18.2. The number of carbonyl (C=O) groups excluding carboxylic acids is 1. The van der Waals surface area contributed by atoms with E-state index in [1.807, 2.05) is 48.9 Å². The third kappa shape index (κ3) is 4.22. The number of hydrogen-bond donors (Lipinski definition) is 4. The van der Waals surface area contributed by atoms with Crippen molar-refractivity contribution >= 4 is 44.9 Å². The molecular formula is C24H27N7O2S. The fraction of sp³-hybridized carbons (Fsp3) is 0.333. The third-order valence-corrected chi connectivity index (χ3v) is 7.47. The lowest BCUT2D eigenvalue weighted by molar-refractivity contribution is 0.0971. The van der Waals surface area contributed by atoms with Crippen molar-refractivity contribution in [2.24, 2.45) is 5.73 Å². The molecule has 0 bridgehead atoms. The number of nitrogens with zero attached hydrogens (tertiary/aromatic N) is 4. The summed E-state index contributed by atoms with van der Waals surface area (Å²) < 4.78 is 2.04. The predicted octanol–water partition coefficient (Wildman–Crippen LogP) is 4.22. The summed E-state index contributed by atoms with van der Waals surface area (Å²) in [6.45, 7) is 1.96. The number of carbonyl (C=O) groups is 1. The molecule has 0 aliphatic heterocycles. The molecule has 3 aromatic heterocycles. The van der Waals surface area contributed by atoms with Crippen LogP contribution < -0.4 is 16.4 Å². The van der Waals surface area contributed by atoms with Gasteiger partial charge in [-0.05, 0) is 62.9 Å². The van der Waals surface area contributed by atoms with Gasteiger partial charge in [-0.15, -0.1) is 0 Å². The second-order valence-corrected chi connectivity index (χ2v) is 9.57. The maximum Gasteiger partial charge on any atom is 0.265 e. The van der Waals surface area contributed by atoms with Gasteiger partial charge in [-0.2, -0.15) is 0 Å². The van der Waals surface area contributed by atoms with Crippen molar-refractivity contribution < 1.29 is 9.90 Å². The Labute approximate surface area is 201 Å². The van der Waals surface area contributed by atoms with Crippen LogP contribution in [0.4, 0.5) is 16.8 Å². The van der Waals surface area contributed by atoms with Crippen LogP contribution in [-0.4, -0.2) is 43.7 Å². The first-order valence-corrected chi connectivity index (χ1v) is 12.1. The molecule has 0 radical (unpaired) electrons. The number of rotatable bonds is 6. The van der Waals surface area contributed by atoms with E-state index in [9.17, 15) is 9.90 Å². The molecule has 9 nitrogen and oxygen atoms in total. The van der Waals surface area contributed by atoms with Crippen molar-refractivity contribution in [1.82, 2.24) is 19.5 Å². The maximum atomic E-state index is 12.2. The minimum Gasteiger partial charge on any atom is -0.393 e. The van der Waals surface area contributed by atoms with Crippen molar-refractivity contribution in [3.63, 3.8) is 0 Å². The van der Waals surface area contributed by atoms with E-state index in [4.69, 9.17) is 5.73 Å². The van der Waals surface area contributed by atoms with Crippen LogP contribution in [0.2, 0.25) is 0 Å². The van der Waals surface area contributed by atoms with Crippen LogP contribution in [0.1, 0.15) is 47.9 Å². The van der Waals surface area contributed by atoms with Crippen LogP contribution in [-0.2, 0) is 0 Å². The molecule has 0 saturated heterocycles. The van der Waals surface area contributed by atoms with E-state index in [1.54, 1.807) is 17.5 Å². The highest BCUT2D eigenvalue weighted by atomic mass is 32.1. The van der Waals surface area contributed by atoms with Crippen LogP contribution in [0.3, 0.4) is 0 Å². The number of thiazole rings is 1. The van der Waals surface area contributed by atoms with Gasteiger partial charge in [0.1, 0.15) is 5.69 Å². The van der Waals surface area contributed by atoms with Gasteiger partial charge in [-0.3, -0.25) is 4.79 Å². The van der Waals surface area contributed by atoms with Gasteiger partial charge in [0.05, 0.1) is 22.4 Å². The van der Waals surface area contributed by atoms with E-state index in [2.05, 4.69) is 25.6 Å². The molecule has 5 N–H and O–H groups in total. The summed E-state index contributed by atoms with van der Waals surface area (Å²) in [5.41, 5.74) is 9.69. The summed E-state index contributed by atoms with van der Waals surface area (Å²) in [7, 11) is 1.85. The number of aliphatic hydroxyl groups excluding tert-OH is 1. The van der Waals surface area contributed by atoms with E-state index < -0.39 is 5.91 Å². The lowest BCUT2D eigenvalue weighted by Gasteiger charge is -2.28. The molecule has 1 amide bonds. The number of primary amides is 1. The second-order valence-electron chi connectivity index (χ2n) is 8.57. The van der Waals surface area contributed by atoms with Crippen molar-refractivity contribution in [2.75, 3.05) is 17.7 Å². The fourth-order valence-corrected chi connectivity index (χ4v) is 5.52. The molecule has 1 aliphatic carbocycles. The Bertz CT molecular complexity index is 1350. The molecule has 0 unspecified atom stereocenters. The summed E-state index contributed by atoms with van der Waals surface area (Å²) >= 11 is 1.55. The topological polar surface area (TPSA) is 131 Å². The molecule has 1 saturated carbocycles. The number of nitrogens with two attached hydrogens (primary N) is 1. The molecule has 4 aromatic rings. The molecule has 34 heavy (non-hydrogen) atoms. The first-order valence-electron chi connectivity index (χ1n) is 11.3. The molecule has 5 rings (SSSR count).